The largest absolute Gasteiger partial charge is 0.353 e. The van der Waals surface area contributed by atoms with E-state index >= 15 is 0 Å². The Morgan fingerprint density at radius 2 is 2.17 bits per heavy atom. The second-order valence-electron chi connectivity index (χ2n) is 3.86. The molecule has 1 amide bonds. The minimum absolute atomic E-state index is 0.0656. The highest BCUT2D eigenvalue weighted by Gasteiger charge is 2.12. The van der Waals surface area contributed by atoms with Crippen molar-refractivity contribution in [3.63, 3.8) is 0 Å². The Bertz CT molecular complexity index is 448. The summed E-state index contributed by atoms with van der Waals surface area (Å²) in [7, 11) is 0. The summed E-state index contributed by atoms with van der Waals surface area (Å²) in [5.41, 5.74) is 0.887. The zero-order chi connectivity index (χ0) is 13.4. The van der Waals surface area contributed by atoms with Crippen LogP contribution in [0.4, 0.5) is 0 Å². The average molecular weight is 263 g/mol. The molecule has 0 aliphatic heterocycles. The van der Waals surface area contributed by atoms with Gasteiger partial charge >= 0.3 is 0 Å². The number of halogens is 1. The van der Waals surface area contributed by atoms with Crippen LogP contribution >= 0.6 is 11.6 Å². The Labute approximate surface area is 112 Å². The number of rotatable bonds is 6. The topological polar surface area (TPSA) is 52.9 Å². The molecule has 0 aliphatic carbocycles. The summed E-state index contributed by atoms with van der Waals surface area (Å²) in [4.78, 5) is 11.4. The molecule has 0 radical (unpaired) electrons. The van der Waals surface area contributed by atoms with Crippen molar-refractivity contribution >= 4 is 17.5 Å². The van der Waals surface area contributed by atoms with Crippen molar-refractivity contribution in [2.24, 2.45) is 0 Å². The van der Waals surface area contributed by atoms with Crippen molar-refractivity contribution in [2.75, 3.05) is 6.54 Å². The van der Waals surface area contributed by atoms with E-state index in [-0.39, 0.29) is 11.8 Å². The highest BCUT2D eigenvalue weighted by Crippen LogP contribution is 2.22. The summed E-state index contributed by atoms with van der Waals surface area (Å²) in [5, 5.41) is 12.4. The first-order valence-electron chi connectivity index (χ1n) is 5.70. The maximum atomic E-state index is 11.4. The molecule has 1 aromatic carbocycles. The molecule has 0 fully saturated rings. The molecule has 0 aromatic heterocycles. The fourth-order valence-electron chi connectivity index (χ4n) is 1.55. The van der Waals surface area contributed by atoms with Gasteiger partial charge in [-0.25, -0.2) is 0 Å². The average Bonchev–Trinajstić information content (AvgIpc) is 2.39. The Hall–Kier alpha value is -1.79. The lowest BCUT2D eigenvalue weighted by atomic mass is 9.95. The zero-order valence-corrected chi connectivity index (χ0v) is 10.8. The number of nitriles is 1. The van der Waals surface area contributed by atoms with Crippen LogP contribution in [0.2, 0.25) is 5.02 Å². The van der Waals surface area contributed by atoms with Crippen LogP contribution in [0.5, 0.6) is 0 Å². The number of hydrogen-bond acceptors (Lipinski definition) is 2. The number of nitrogens with one attached hydrogen (secondary N) is 1. The summed E-state index contributed by atoms with van der Waals surface area (Å²) in [6, 6.07) is 9.34. The molecule has 0 bridgehead atoms. The molecule has 1 N–H and O–H groups in total. The highest BCUT2D eigenvalue weighted by molar-refractivity contribution is 6.30. The predicted octanol–water partition coefficient (Wildman–Crippen LogP) is 3.03. The predicted molar refractivity (Wildman–Crippen MR) is 72.2 cm³/mol. The molecule has 1 atom stereocenters. The number of hydrogen-bond donors (Lipinski definition) is 1. The van der Waals surface area contributed by atoms with E-state index in [1.807, 2.05) is 12.1 Å². The number of nitrogens with zero attached hydrogens (tertiary/aromatic N) is 1. The molecule has 4 heteroatoms. The van der Waals surface area contributed by atoms with E-state index < -0.39 is 0 Å². The first kappa shape index (κ1) is 14.3. The molecule has 3 nitrogen and oxygen atoms in total. The summed E-state index contributed by atoms with van der Waals surface area (Å²) in [5.74, 6) is -0.346. The van der Waals surface area contributed by atoms with E-state index in [2.05, 4.69) is 18.0 Å². The van der Waals surface area contributed by atoms with Gasteiger partial charge in [-0.15, -0.1) is 6.58 Å². The lowest BCUT2D eigenvalue weighted by molar-refractivity contribution is -0.121. The fourth-order valence-corrected chi connectivity index (χ4v) is 1.68. The van der Waals surface area contributed by atoms with Crippen LogP contribution in [0, 0.1) is 11.3 Å². The highest BCUT2D eigenvalue weighted by atomic mass is 35.5. The molecular formula is C14H15ClN2O. The van der Waals surface area contributed by atoms with Crippen molar-refractivity contribution in [2.45, 2.75) is 18.8 Å². The van der Waals surface area contributed by atoms with E-state index in [0.29, 0.717) is 24.4 Å². The van der Waals surface area contributed by atoms with Gasteiger partial charge in [0.2, 0.25) is 5.91 Å². The molecule has 94 valence electrons. The van der Waals surface area contributed by atoms with Crippen LogP contribution in [0.3, 0.4) is 0 Å². The molecule has 0 spiro atoms. The van der Waals surface area contributed by atoms with Crippen LogP contribution in [0.15, 0.2) is 36.9 Å². The van der Waals surface area contributed by atoms with Crippen molar-refractivity contribution < 1.29 is 4.79 Å². The molecule has 0 heterocycles. The number of amides is 1. The lowest BCUT2D eigenvalue weighted by Crippen LogP contribution is -2.23. The lowest BCUT2D eigenvalue weighted by Gasteiger charge is -2.09. The maximum Gasteiger partial charge on any atom is 0.220 e. The molecular weight excluding hydrogens is 248 g/mol. The second kappa shape index (κ2) is 7.52. The summed E-state index contributed by atoms with van der Waals surface area (Å²) >= 11 is 5.79. The van der Waals surface area contributed by atoms with Crippen LogP contribution in [0.25, 0.3) is 0 Å². The smallest absolute Gasteiger partial charge is 0.220 e. The normalized spacial score (nSPS) is 11.3. The third-order valence-electron chi connectivity index (χ3n) is 2.53. The Balaban J connectivity index is 2.53. The van der Waals surface area contributed by atoms with Crippen LogP contribution in [-0.4, -0.2) is 12.5 Å². The van der Waals surface area contributed by atoms with Crippen molar-refractivity contribution in [1.29, 1.82) is 5.26 Å². The zero-order valence-electron chi connectivity index (χ0n) is 10.0. The minimum atomic E-state index is -0.281. The molecule has 1 unspecified atom stereocenters. The fraction of sp³-hybridized carbons (Fsp3) is 0.286. The van der Waals surface area contributed by atoms with E-state index in [1.54, 1.807) is 18.2 Å². The van der Waals surface area contributed by atoms with Crippen molar-refractivity contribution in [1.82, 2.24) is 5.32 Å². The van der Waals surface area contributed by atoms with E-state index in [9.17, 15) is 4.79 Å². The minimum Gasteiger partial charge on any atom is -0.353 e. The van der Waals surface area contributed by atoms with Gasteiger partial charge in [0.25, 0.3) is 0 Å². The van der Waals surface area contributed by atoms with Crippen LogP contribution < -0.4 is 5.32 Å². The first-order chi connectivity index (χ1) is 8.67. The van der Waals surface area contributed by atoms with Gasteiger partial charge in [0, 0.05) is 18.0 Å². The van der Waals surface area contributed by atoms with Gasteiger partial charge < -0.3 is 5.32 Å². The Morgan fingerprint density at radius 1 is 1.50 bits per heavy atom. The first-order valence-corrected chi connectivity index (χ1v) is 6.08. The van der Waals surface area contributed by atoms with Crippen LogP contribution in [-0.2, 0) is 4.79 Å². The quantitative estimate of drug-likeness (QED) is 0.801. The third kappa shape index (κ3) is 4.60. The van der Waals surface area contributed by atoms with Gasteiger partial charge in [-0.3, -0.25) is 4.79 Å². The Kier molecular flexibility index (Phi) is 5.96. The van der Waals surface area contributed by atoms with Crippen molar-refractivity contribution in [3.05, 3.63) is 47.5 Å². The van der Waals surface area contributed by atoms with E-state index in [1.165, 1.54) is 0 Å². The second-order valence-corrected chi connectivity index (χ2v) is 4.30. The van der Waals surface area contributed by atoms with E-state index in [4.69, 9.17) is 16.9 Å². The summed E-state index contributed by atoms with van der Waals surface area (Å²) < 4.78 is 0. The van der Waals surface area contributed by atoms with E-state index in [0.717, 1.165) is 5.56 Å². The van der Waals surface area contributed by atoms with Gasteiger partial charge in [0.1, 0.15) is 0 Å². The van der Waals surface area contributed by atoms with Gasteiger partial charge in [0.05, 0.1) is 12.0 Å². The van der Waals surface area contributed by atoms with Gasteiger partial charge in [-0.2, -0.15) is 5.26 Å². The molecule has 0 aliphatic rings. The standard InChI is InChI=1S/C14H15ClN2O/c1-2-9-17-14(18)8-5-12(10-16)11-3-6-13(15)7-4-11/h2-4,6-7,12H,1,5,8-9H2,(H,17,18). The van der Waals surface area contributed by atoms with Gasteiger partial charge in [-0.05, 0) is 24.1 Å². The molecule has 18 heavy (non-hydrogen) atoms. The van der Waals surface area contributed by atoms with Gasteiger partial charge in [0.15, 0.2) is 0 Å². The molecule has 0 saturated carbocycles. The summed E-state index contributed by atoms with van der Waals surface area (Å²) in [6.45, 7) is 3.98. The van der Waals surface area contributed by atoms with Crippen molar-refractivity contribution in [3.8, 4) is 6.07 Å². The van der Waals surface area contributed by atoms with Crippen LogP contribution in [0.1, 0.15) is 24.3 Å². The summed E-state index contributed by atoms with van der Waals surface area (Å²) in [6.07, 6.45) is 2.45. The monoisotopic (exact) mass is 262 g/mol. The van der Waals surface area contributed by atoms with Gasteiger partial charge in [-0.1, -0.05) is 29.8 Å². The Morgan fingerprint density at radius 3 is 2.72 bits per heavy atom. The maximum absolute atomic E-state index is 11.4. The molecule has 1 aromatic rings. The number of benzene rings is 1. The molecule has 0 saturated heterocycles. The number of carbonyl (C=O) groups is 1. The molecule has 1 rings (SSSR count). The SMILES string of the molecule is C=CCNC(=O)CCC(C#N)c1ccc(Cl)cc1. The number of carbonyl (C=O) groups excluding carboxylic acids is 1. The third-order valence-corrected chi connectivity index (χ3v) is 2.78.